The molecule has 0 N–H and O–H groups in total. The lowest BCUT2D eigenvalue weighted by atomic mass is 10.2. The van der Waals surface area contributed by atoms with Crippen molar-refractivity contribution in [2.45, 2.75) is 13.1 Å². The topological polar surface area (TPSA) is 93.3 Å². The van der Waals surface area contributed by atoms with Gasteiger partial charge in [0.25, 0.3) is 0 Å². The number of hydrogen-bond acceptors (Lipinski definition) is 6. The normalized spacial score (nSPS) is 13.9. The van der Waals surface area contributed by atoms with Crippen LogP contribution < -0.4 is 16.0 Å². The molecule has 0 unspecified atom stereocenters. The number of fused-ring (bicyclic) bond motifs is 1. The smallest absolute Gasteiger partial charge is 0.317 e. The van der Waals surface area contributed by atoms with Crippen LogP contribution in [0.15, 0.2) is 82.6 Å². The van der Waals surface area contributed by atoms with E-state index in [1.54, 1.807) is 41.6 Å². The molecule has 1 amide bonds. The predicted octanol–water partition coefficient (Wildman–Crippen LogP) is 1.35. The monoisotopic (exact) mass is 456 g/mol. The Balaban J connectivity index is 1.40. The van der Waals surface area contributed by atoms with E-state index in [-0.39, 0.29) is 19.0 Å². The third kappa shape index (κ3) is 4.19. The molecule has 0 spiro atoms. The van der Waals surface area contributed by atoms with Crippen molar-refractivity contribution in [1.82, 2.24) is 24.0 Å². The molecule has 1 aliphatic rings. The molecule has 0 saturated carbocycles. The first-order valence-corrected chi connectivity index (χ1v) is 11.2. The summed E-state index contributed by atoms with van der Waals surface area (Å²) < 4.78 is 2.78. The van der Waals surface area contributed by atoms with Gasteiger partial charge in [-0.25, -0.2) is 9.97 Å². The molecule has 1 saturated heterocycles. The summed E-state index contributed by atoms with van der Waals surface area (Å²) in [4.78, 5) is 51.5. The fourth-order valence-corrected chi connectivity index (χ4v) is 4.30. The minimum atomic E-state index is -0.695. The molecular weight excluding hydrogens is 432 g/mol. The van der Waals surface area contributed by atoms with E-state index in [9.17, 15) is 14.4 Å². The molecule has 0 bridgehead atoms. The number of nitrogens with zero attached hydrogens (tertiary/aromatic N) is 6. The van der Waals surface area contributed by atoms with Crippen LogP contribution in [-0.4, -0.2) is 56.1 Å². The average Bonchev–Trinajstić information content (AvgIpc) is 2.90. The fourth-order valence-electron chi connectivity index (χ4n) is 4.30. The molecule has 5 rings (SSSR count). The molecule has 3 heterocycles. The number of anilines is 1. The van der Waals surface area contributed by atoms with Crippen LogP contribution in [0.5, 0.6) is 0 Å². The van der Waals surface area contributed by atoms with Gasteiger partial charge in [-0.05, 0) is 23.8 Å². The molecule has 2 aromatic carbocycles. The van der Waals surface area contributed by atoms with Crippen LogP contribution >= 0.6 is 0 Å². The zero-order chi connectivity index (χ0) is 23.5. The van der Waals surface area contributed by atoms with Crippen LogP contribution in [0.3, 0.4) is 0 Å². The average molecular weight is 457 g/mol. The van der Waals surface area contributed by atoms with Gasteiger partial charge in [-0.2, -0.15) is 0 Å². The number of amides is 1. The number of hydrogen-bond donors (Lipinski definition) is 0. The Labute approximate surface area is 195 Å². The summed E-state index contributed by atoms with van der Waals surface area (Å²) in [7, 11) is 0. The van der Waals surface area contributed by atoms with E-state index < -0.39 is 11.1 Å². The second-order valence-corrected chi connectivity index (χ2v) is 8.17. The van der Waals surface area contributed by atoms with Crippen LogP contribution in [0.2, 0.25) is 0 Å². The third-order valence-electron chi connectivity index (χ3n) is 6.08. The van der Waals surface area contributed by atoms with E-state index in [0.717, 1.165) is 5.56 Å². The number of para-hydroxylation sites is 2. The molecule has 0 atom stereocenters. The Morgan fingerprint density at radius 3 is 2.00 bits per heavy atom. The van der Waals surface area contributed by atoms with Gasteiger partial charge in [0.05, 0.1) is 17.6 Å². The van der Waals surface area contributed by atoms with Crippen molar-refractivity contribution >= 4 is 22.9 Å². The Morgan fingerprint density at radius 2 is 1.32 bits per heavy atom. The number of carbonyl (C=O) groups excluding carboxylic acids is 1. The maximum absolute atomic E-state index is 13.1. The highest BCUT2D eigenvalue weighted by Gasteiger charge is 2.24. The first-order chi connectivity index (χ1) is 16.6. The van der Waals surface area contributed by atoms with Crippen LogP contribution in [-0.2, 0) is 17.9 Å². The van der Waals surface area contributed by atoms with Gasteiger partial charge in [-0.3, -0.25) is 23.5 Å². The van der Waals surface area contributed by atoms with Crippen LogP contribution in [0.25, 0.3) is 11.0 Å². The van der Waals surface area contributed by atoms with Crippen molar-refractivity contribution in [3.8, 4) is 0 Å². The van der Waals surface area contributed by atoms with Crippen molar-refractivity contribution in [1.29, 1.82) is 0 Å². The second-order valence-electron chi connectivity index (χ2n) is 8.17. The molecular formula is C25H24N6O3. The number of aromatic nitrogens is 4. The first-order valence-electron chi connectivity index (χ1n) is 11.2. The van der Waals surface area contributed by atoms with E-state index in [1.165, 1.54) is 9.13 Å². The fraction of sp³-hybridized carbons (Fsp3) is 0.240. The molecule has 34 heavy (non-hydrogen) atoms. The van der Waals surface area contributed by atoms with Gasteiger partial charge in [-0.15, -0.1) is 0 Å². The van der Waals surface area contributed by atoms with Crippen molar-refractivity contribution in [3.05, 3.63) is 99.3 Å². The van der Waals surface area contributed by atoms with Crippen LogP contribution in [0, 0.1) is 0 Å². The molecule has 1 fully saturated rings. The van der Waals surface area contributed by atoms with Gasteiger partial charge in [-0.1, -0.05) is 42.5 Å². The summed E-state index contributed by atoms with van der Waals surface area (Å²) in [5.74, 6) is 0.444. The van der Waals surface area contributed by atoms with E-state index in [2.05, 4.69) is 9.97 Å². The highest BCUT2D eigenvalue weighted by molar-refractivity contribution is 5.80. The Kier molecular flexibility index (Phi) is 5.90. The number of rotatable bonds is 5. The zero-order valence-corrected chi connectivity index (χ0v) is 18.6. The molecule has 172 valence electrons. The van der Waals surface area contributed by atoms with E-state index in [1.807, 2.05) is 41.3 Å². The Morgan fingerprint density at radius 1 is 0.735 bits per heavy atom. The van der Waals surface area contributed by atoms with E-state index >= 15 is 0 Å². The summed E-state index contributed by atoms with van der Waals surface area (Å²) in [5.41, 5.74) is 0.770. The number of piperazine rings is 1. The Hall–Kier alpha value is -4.27. The van der Waals surface area contributed by atoms with Crippen molar-refractivity contribution in [2.24, 2.45) is 0 Å². The van der Waals surface area contributed by atoms with Gasteiger partial charge in [0.15, 0.2) is 0 Å². The minimum Gasteiger partial charge on any atom is -0.338 e. The number of benzene rings is 2. The maximum Gasteiger partial charge on any atom is 0.317 e. The lowest BCUT2D eigenvalue weighted by Crippen LogP contribution is -2.51. The van der Waals surface area contributed by atoms with Crippen molar-refractivity contribution in [3.63, 3.8) is 0 Å². The van der Waals surface area contributed by atoms with Gasteiger partial charge in [0.2, 0.25) is 11.9 Å². The van der Waals surface area contributed by atoms with Gasteiger partial charge >= 0.3 is 11.1 Å². The highest BCUT2D eigenvalue weighted by Crippen LogP contribution is 2.14. The van der Waals surface area contributed by atoms with Crippen molar-refractivity contribution < 1.29 is 4.79 Å². The first kappa shape index (κ1) is 21.6. The molecule has 9 nitrogen and oxygen atoms in total. The third-order valence-corrected chi connectivity index (χ3v) is 6.08. The summed E-state index contributed by atoms with van der Waals surface area (Å²) in [6, 6.07) is 18.5. The van der Waals surface area contributed by atoms with Gasteiger partial charge in [0, 0.05) is 38.6 Å². The molecule has 0 aliphatic carbocycles. The molecule has 1 aliphatic heterocycles. The zero-order valence-electron chi connectivity index (χ0n) is 18.6. The summed E-state index contributed by atoms with van der Waals surface area (Å²) in [5, 5.41) is 0. The second kappa shape index (κ2) is 9.30. The molecule has 4 aromatic rings. The van der Waals surface area contributed by atoms with E-state index in [4.69, 9.17) is 0 Å². The minimum absolute atomic E-state index is 0.178. The summed E-state index contributed by atoms with van der Waals surface area (Å²) >= 11 is 0. The van der Waals surface area contributed by atoms with Crippen LogP contribution in [0.4, 0.5) is 5.95 Å². The van der Waals surface area contributed by atoms with E-state index in [0.29, 0.717) is 43.2 Å². The highest BCUT2D eigenvalue weighted by atomic mass is 16.2. The Bertz CT molecular complexity index is 1420. The summed E-state index contributed by atoms with van der Waals surface area (Å²) in [6.07, 6.45) is 3.38. The molecule has 0 radical (unpaired) electrons. The van der Waals surface area contributed by atoms with Gasteiger partial charge < -0.3 is 9.80 Å². The standard InChI is InChI=1S/C25H24N6O3/c32-22(28-13-15-29(16-14-28)25-26-11-6-12-27-25)18-31-21-10-5-4-9-20(21)30(23(33)24(31)34)17-19-7-2-1-3-8-19/h1-12H,13-18H2. The number of carbonyl (C=O) groups is 1. The summed E-state index contributed by atoms with van der Waals surface area (Å²) in [6.45, 7) is 2.30. The lowest BCUT2D eigenvalue weighted by molar-refractivity contribution is -0.132. The quantitative estimate of drug-likeness (QED) is 0.421. The maximum atomic E-state index is 13.1. The predicted molar refractivity (Wildman–Crippen MR) is 129 cm³/mol. The molecule has 9 heteroatoms. The lowest BCUT2D eigenvalue weighted by Gasteiger charge is -2.34. The van der Waals surface area contributed by atoms with Crippen molar-refractivity contribution in [2.75, 3.05) is 31.1 Å². The molecule has 2 aromatic heterocycles. The largest absolute Gasteiger partial charge is 0.338 e. The van der Waals surface area contributed by atoms with Gasteiger partial charge in [0.1, 0.15) is 6.54 Å². The SMILES string of the molecule is O=C(Cn1c(=O)c(=O)n(Cc2ccccc2)c2ccccc21)N1CCN(c2ncccn2)CC1. The van der Waals surface area contributed by atoms with Crippen LogP contribution in [0.1, 0.15) is 5.56 Å².